The van der Waals surface area contributed by atoms with Crippen molar-refractivity contribution < 1.29 is 0 Å². The highest BCUT2D eigenvalue weighted by atomic mass is 15.3. The molecule has 3 heteroatoms. The zero-order chi connectivity index (χ0) is 21.0. The number of aromatic amines is 1. The van der Waals surface area contributed by atoms with Gasteiger partial charge in [-0.15, -0.1) is 5.10 Å². The van der Waals surface area contributed by atoms with E-state index >= 15 is 0 Å². The van der Waals surface area contributed by atoms with Crippen LogP contribution in [0, 0.1) is 0 Å². The molecule has 0 spiro atoms. The molecule has 0 atom stereocenters. The normalized spacial score (nSPS) is 13.2. The smallest absolute Gasteiger partial charge is 0.116 e. The summed E-state index contributed by atoms with van der Waals surface area (Å²) in [4.78, 5) is 0. The van der Waals surface area contributed by atoms with Crippen LogP contribution in [-0.4, -0.2) is 15.4 Å². The molecule has 1 N–H and O–H groups in total. The van der Waals surface area contributed by atoms with Gasteiger partial charge in [0, 0.05) is 0 Å². The lowest BCUT2D eigenvalue weighted by molar-refractivity contribution is 0.690. The van der Waals surface area contributed by atoms with E-state index < -0.39 is 0 Å². The SMILES string of the molecule is CCCCc1cccc2[nH]nnc12.c1ccc2c(c1)ccc1c3c(ccc12)CCCC3. The molecule has 0 amide bonds. The number of H-pyrrole nitrogens is 1. The van der Waals surface area contributed by atoms with E-state index in [0.717, 1.165) is 17.5 Å². The summed E-state index contributed by atoms with van der Waals surface area (Å²) in [5.74, 6) is 0. The van der Waals surface area contributed by atoms with Crippen LogP contribution in [-0.2, 0) is 19.3 Å². The second-order valence-electron chi connectivity index (χ2n) is 8.52. The van der Waals surface area contributed by atoms with Crippen LogP contribution in [0.15, 0.2) is 66.7 Å². The van der Waals surface area contributed by atoms with Crippen LogP contribution in [0.4, 0.5) is 0 Å². The van der Waals surface area contributed by atoms with Crippen LogP contribution in [0.1, 0.15) is 49.3 Å². The van der Waals surface area contributed by atoms with E-state index in [1.54, 1.807) is 11.1 Å². The first-order chi connectivity index (χ1) is 15.3. The van der Waals surface area contributed by atoms with Crippen molar-refractivity contribution in [2.24, 2.45) is 0 Å². The maximum absolute atomic E-state index is 4.07. The van der Waals surface area contributed by atoms with Crippen molar-refractivity contribution in [2.75, 3.05) is 0 Å². The molecule has 0 fully saturated rings. The van der Waals surface area contributed by atoms with Crippen LogP contribution in [0.2, 0.25) is 0 Å². The Labute approximate surface area is 183 Å². The average molecular weight is 408 g/mol. The number of nitrogens with zero attached hydrogens (tertiary/aromatic N) is 2. The van der Waals surface area contributed by atoms with E-state index in [0.29, 0.717) is 0 Å². The number of hydrogen-bond acceptors (Lipinski definition) is 2. The van der Waals surface area contributed by atoms with Gasteiger partial charge in [0.15, 0.2) is 0 Å². The van der Waals surface area contributed by atoms with Gasteiger partial charge in [0.2, 0.25) is 0 Å². The third kappa shape index (κ3) is 3.93. The molecule has 1 aromatic heterocycles. The molecular weight excluding hydrogens is 378 g/mol. The molecule has 0 saturated heterocycles. The number of fused-ring (bicyclic) bond motifs is 6. The van der Waals surface area contributed by atoms with Gasteiger partial charge in [-0.05, 0) is 82.8 Å². The Morgan fingerprint density at radius 2 is 1.68 bits per heavy atom. The molecule has 0 aliphatic heterocycles. The predicted octanol–water partition coefficient (Wildman–Crippen LogP) is 7.17. The number of rotatable bonds is 3. The Morgan fingerprint density at radius 3 is 2.61 bits per heavy atom. The van der Waals surface area contributed by atoms with Crippen LogP contribution < -0.4 is 0 Å². The second-order valence-corrected chi connectivity index (χ2v) is 8.52. The average Bonchev–Trinajstić information content (AvgIpc) is 3.32. The topological polar surface area (TPSA) is 41.6 Å². The highest BCUT2D eigenvalue weighted by Gasteiger charge is 2.13. The summed E-state index contributed by atoms with van der Waals surface area (Å²) in [6.07, 6.45) is 8.74. The Hall–Kier alpha value is -3.20. The van der Waals surface area contributed by atoms with Crippen LogP contribution >= 0.6 is 0 Å². The van der Waals surface area contributed by atoms with Crippen LogP contribution in [0.5, 0.6) is 0 Å². The monoisotopic (exact) mass is 407 g/mol. The van der Waals surface area contributed by atoms with Gasteiger partial charge < -0.3 is 0 Å². The summed E-state index contributed by atoms with van der Waals surface area (Å²) in [6, 6.07) is 24.1. The third-order valence-electron chi connectivity index (χ3n) is 6.50. The molecule has 3 nitrogen and oxygen atoms in total. The van der Waals surface area contributed by atoms with E-state index in [9.17, 15) is 0 Å². The molecule has 1 aliphatic carbocycles. The fourth-order valence-electron chi connectivity index (χ4n) is 4.84. The number of aromatic nitrogens is 3. The summed E-state index contributed by atoms with van der Waals surface area (Å²) in [5.41, 5.74) is 6.53. The van der Waals surface area contributed by atoms with E-state index in [1.807, 2.05) is 12.1 Å². The zero-order valence-corrected chi connectivity index (χ0v) is 18.2. The van der Waals surface area contributed by atoms with Crippen molar-refractivity contribution in [3.63, 3.8) is 0 Å². The maximum atomic E-state index is 4.07. The molecule has 1 aliphatic rings. The quantitative estimate of drug-likeness (QED) is 0.322. The summed E-state index contributed by atoms with van der Waals surface area (Å²) in [5, 5.41) is 16.4. The molecule has 5 aromatic rings. The molecule has 6 rings (SSSR count). The van der Waals surface area contributed by atoms with Gasteiger partial charge in [-0.1, -0.05) is 79.2 Å². The first kappa shape index (κ1) is 19.7. The van der Waals surface area contributed by atoms with Gasteiger partial charge in [0.05, 0.1) is 5.52 Å². The molecular formula is C28H29N3. The van der Waals surface area contributed by atoms with Gasteiger partial charge in [0.1, 0.15) is 5.52 Å². The molecule has 0 saturated carbocycles. The Morgan fingerprint density at radius 1 is 0.806 bits per heavy atom. The molecule has 156 valence electrons. The predicted molar refractivity (Wildman–Crippen MR) is 131 cm³/mol. The molecule has 4 aromatic carbocycles. The summed E-state index contributed by atoms with van der Waals surface area (Å²) in [6.45, 7) is 2.20. The molecule has 0 unspecified atom stereocenters. The minimum atomic E-state index is 1.02. The van der Waals surface area contributed by atoms with E-state index in [1.165, 1.54) is 65.6 Å². The van der Waals surface area contributed by atoms with Gasteiger partial charge in [0.25, 0.3) is 0 Å². The largest absolute Gasteiger partial charge is 0.258 e. The Bertz CT molecular complexity index is 1330. The Kier molecular flexibility index (Phi) is 5.66. The van der Waals surface area contributed by atoms with Crippen molar-refractivity contribution in [3.8, 4) is 0 Å². The summed E-state index contributed by atoms with van der Waals surface area (Å²) >= 11 is 0. The van der Waals surface area contributed by atoms with E-state index in [2.05, 4.69) is 76.9 Å². The number of nitrogens with one attached hydrogen (secondary N) is 1. The van der Waals surface area contributed by atoms with Gasteiger partial charge in [-0.2, -0.15) is 0 Å². The van der Waals surface area contributed by atoms with Crippen molar-refractivity contribution in [1.82, 2.24) is 15.4 Å². The van der Waals surface area contributed by atoms with E-state index in [-0.39, 0.29) is 0 Å². The van der Waals surface area contributed by atoms with Gasteiger partial charge >= 0.3 is 0 Å². The highest BCUT2D eigenvalue weighted by Crippen LogP contribution is 2.33. The standard InChI is InChI=1S/C18H16.C10H13N3/c1-3-7-15-13(5-1)9-11-18-16-8-4-2-6-14(16)10-12-17(15)18;1-2-3-5-8-6-4-7-9-10(8)12-13-11-9/h1,3,5,7,9-12H,2,4,6,8H2;4,6-7H,2-3,5H2,1H3,(H,11,12,13). The lowest BCUT2D eigenvalue weighted by Crippen LogP contribution is -2.02. The van der Waals surface area contributed by atoms with Crippen molar-refractivity contribution in [1.29, 1.82) is 0 Å². The number of unbranched alkanes of at least 4 members (excludes halogenated alkanes) is 1. The lowest BCUT2D eigenvalue weighted by Gasteiger charge is -2.18. The summed E-state index contributed by atoms with van der Waals surface area (Å²) in [7, 11) is 0. The number of aryl methyl sites for hydroxylation is 3. The van der Waals surface area contributed by atoms with Crippen molar-refractivity contribution >= 4 is 32.6 Å². The second kappa shape index (κ2) is 8.89. The van der Waals surface area contributed by atoms with Gasteiger partial charge in [-0.3, -0.25) is 5.10 Å². The number of benzene rings is 4. The number of hydrogen-bond donors (Lipinski definition) is 1. The zero-order valence-electron chi connectivity index (χ0n) is 18.2. The van der Waals surface area contributed by atoms with Crippen LogP contribution in [0.25, 0.3) is 32.6 Å². The first-order valence-corrected chi connectivity index (χ1v) is 11.6. The first-order valence-electron chi connectivity index (χ1n) is 11.6. The lowest BCUT2D eigenvalue weighted by atomic mass is 9.86. The fourth-order valence-corrected chi connectivity index (χ4v) is 4.84. The third-order valence-corrected chi connectivity index (χ3v) is 6.50. The van der Waals surface area contributed by atoms with Crippen LogP contribution in [0.3, 0.4) is 0 Å². The van der Waals surface area contributed by atoms with Gasteiger partial charge in [-0.25, -0.2) is 0 Å². The molecule has 0 bridgehead atoms. The minimum Gasteiger partial charge on any atom is -0.258 e. The van der Waals surface area contributed by atoms with Crippen molar-refractivity contribution in [3.05, 3.63) is 83.4 Å². The Balaban J connectivity index is 0.000000140. The molecule has 0 radical (unpaired) electrons. The van der Waals surface area contributed by atoms with E-state index in [4.69, 9.17) is 0 Å². The maximum Gasteiger partial charge on any atom is 0.116 e. The fraction of sp³-hybridized carbons (Fsp3) is 0.286. The summed E-state index contributed by atoms with van der Waals surface area (Å²) < 4.78 is 0. The minimum absolute atomic E-state index is 1.02. The van der Waals surface area contributed by atoms with Crippen molar-refractivity contribution in [2.45, 2.75) is 51.9 Å². The molecule has 31 heavy (non-hydrogen) atoms. The molecule has 1 heterocycles. The highest BCUT2D eigenvalue weighted by molar-refractivity contribution is 6.08.